The molecule has 4 rings (SSSR count). The standard InChI is InChI=1S/C24H29FN4O3S/c1-15-5-8-18(9-6-15)32-21-11-16(25)7-10-19(21)28-24-23-20(26-14-27-24)12-17(13-22(23)31-2)29-33(3,4)30/h7,10-15,18H,5-6,8-9H2,1-4H3,(H,26,27,28)/t15-,18-. The van der Waals surface area contributed by atoms with Gasteiger partial charge in [-0.15, -0.1) is 0 Å². The van der Waals surface area contributed by atoms with Gasteiger partial charge in [-0.25, -0.2) is 18.6 Å². The van der Waals surface area contributed by atoms with Crippen molar-refractivity contribution in [1.29, 1.82) is 0 Å². The van der Waals surface area contributed by atoms with Gasteiger partial charge in [-0.2, -0.15) is 4.36 Å². The number of hydrogen-bond donors (Lipinski definition) is 1. The van der Waals surface area contributed by atoms with Crippen molar-refractivity contribution < 1.29 is 18.1 Å². The van der Waals surface area contributed by atoms with E-state index in [2.05, 4.69) is 26.6 Å². The van der Waals surface area contributed by atoms with Crippen LogP contribution in [-0.2, 0) is 9.73 Å². The molecular weight excluding hydrogens is 443 g/mol. The zero-order valence-corrected chi connectivity index (χ0v) is 20.1. The van der Waals surface area contributed by atoms with Crippen molar-refractivity contribution in [1.82, 2.24) is 9.97 Å². The number of benzene rings is 2. The first-order valence-corrected chi connectivity index (χ1v) is 13.3. The van der Waals surface area contributed by atoms with Crippen molar-refractivity contribution in [3.8, 4) is 11.5 Å². The normalized spacial score (nSPS) is 18.7. The van der Waals surface area contributed by atoms with Crippen LogP contribution in [-0.4, -0.2) is 39.9 Å². The maximum absolute atomic E-state index is 14.1. The van der Waals surface area contributed by atoms with Gasteiger partial charge in [0.05, 0.1) is 35.5 Å². The lowest BCUT2D eigenvalue weighted by Gasteiger charge is -2.27. The van der Waals surface area contributed by atoms with E-state index in [-0.39, 0.29) is 11.9 Å². The van der Waals surface area contributed by atoms with Gasteiger partial charge in [0.15, 0.2) is 0 Å². The second-order valence-corrected chi connectivity index (χ2v) is 11.3. The number of nitrogens with zero attached hydrogens (tertiary/aromatic N) is 3. The van der Waals surface area contributed by atoms with Crippen LogP contribution in [0.4, 0.5) is 21.6 Å². The van der Waals surface area contributed by atoms with E-state index in [4.69, 9.17) is 9.47 Å². The molecule has 33 heavy (non-hydrogen) atoms. The molecule has 1 heterocycles. The van der Waals surface area contributed by atoms with Gasteiger partial charge in [0.1, 0.15) is 29.5 Å². The third-order valence-electron chi connectivity index (χ3n) is 5.68. The molecule has 0 unspecified atom stereocenters. The van der Waals surface area contributed by atoms with Crippen molar-refractivity contribution in [2.24, 2.45) is 10.3 Å². The highest BCUT2D eigenvalue weighted by molar-refractivity contribution is 7.92. The molecule has 0 bridgehead atoms. The number of fused-ring (bicyclic) bond motifs is 1. The van der Waals surface area contributed by atoms with Crippen molar-refractivity contribution in [2.75, 3.05) is 24.9 Å². The number of nitrogens with one attached hydrogen (secondary N) is 1. The summed E-state index contributed by atoms with van der Waals surface area (Å²) in [5.74, 6) is 1.76. The molecule has 2 aromatic carbocycles. The SMILES string of the molecule is COc1cc(N=S(C)(C)=O)cc2ncnc(Nc3ccc(F)cc3O[C@H]3CC[C@H](C)CC3)c12. The largest absolute Gasteiger partial charge is 0.496 e. The van der Waals surface area contributed by atoms with Gasteiger partial charge >= 0.3 is 0 Å². The van der Waals surface area contributed by atoms with E-state index in [9.17, 15) is 8.60 Å². The summed E-state index contributed by atoms with van der Waals surface area (Å²) >= 11 is 0. The highest BCUT2D eigenvalue weighted by atomic mass is 32.2. The summed E-state index contributed by atoms with van der Waals surface area (Å²) in [6.07, 6.45) is 8.73. The predicted octanol–water partition coefficient (Wildman–Crippen LogP) is 5.84. The van der Waals surface area contributed by atoms with Crippen LogP contribution in [0.1, 0.15) is 32.6 Å². The first-order chi connectivity index (χ1) is 15.7. The first-order valence-electron chi connectivity index (χ1n) is 10.9. The molecule has 0 atom stereocenters. The topological polar surface area (TPSA) is 85.7 Å². The summed E-state index contributed by atoms with van der Waals surface area (Å²) in [5, 5.41) is 3.91. The van der Waals surface area contributed by atoms with Gasteiger partial charge in [0.25, 0.3) is 0 Å². The fraction of sp³-hybridized carbons (Fsp3) is 0.417. The maximum Gasteiger partial charge on any atom is 0.146 e. The number of aromatic nitrogens is 2. The van der Waals surface area contributed by atoms with E-state index in [1.54, 1.807) is 37.8 Å². The molecule has 1 N–H and O–H groups in total. The minimum absolute atomic E-state index is 0.0577. The van der Waals surface area contributed by atoms with Crippen LogP contribution in [0.2, 0.25) is 0 Å². The molecule has 1 aliphatic rings. The molecule has 3 aromatic rings. The van der Waals surface area contributed by atoms with Crippen LogP contribution in [0.3, 0.4) is 0 Å². The van der Waals surface area contributed by atoms with Crippen LogP contribution in [0.25, 0.3) is 10.9 Å². The summed E-state index contributed by atoms with van der Waals surface area (Å²) in [5.41, 5.74) is 1.70. The Labute approximate surface area is 193 Å². The number of ether oxygens (including phenoxy) is 2. The Morgan fingerprint density at radius 2 is 1.85 bits per heavy atom. The van der Waals surface area contributed by atoms with E-state index in [0.29, 0.717) is 45.5 Å². The lowest BCUT2D eigenvalue weighted by molar-refractivity contribution is 0.136. The van der Waals surface area contributed by atoms with Gasteiger partial charge in [-0.05, 0) is 49.8 Å². The van der Waals surface area contributed by atoms with E-state index in [1.165, 1.54) is 18.5 Å². The molecule has 1 saturated carbocycles. The Morgan fingerprint density at radius 3 is 2.55 bits per heavy atom. The number of rotatable bonds is 6. The van der Waals surface area contributed by atoms with E-state index >= 15 is 0 Å². The third-order valence-corrected chi connectivity index (χ3v) is 6.34. The fourth-order valence-electron chi connectivity index (χ4n) is 4.05. The Balaban J connectivity index is 1.71. The van der Waals surface area contributed by atoms with Gasteiger partial charge in [-0.1, -0.05) is 6.92 Å². The van der Waals surface area contributed by atoms with Crippen LogP contribution in [0.5, 0.6) is 11.5 Å². The molecule has 1 fully saturated rings. The molecule has 7 nitrogen and oxygen atoms in total. The predicted molar refractivity (Wildman–Crippen MR) is 130 cm³/mol. The summed E-state index contributed by atoms with van der Waals surface area (Å²) in [6, 6.07) is 7.87. The molecule has 176 valence electrons. The summed E-state index contributed by atoms with van der Waals surface area (Å²) < 4.78 is 42.3. The summed E-state index contributed by atoms with van der Waals surface area (Å²) in [7, 11) is -0.806. The summed E-state index contributed by atoms with van der Waals surface area (Å²) in [6.45, 7) is 2.25. The molecule has 0 saturated heterocycles. The molecule has 1 aliphatic carbocycles. The molecule has 1 aromatic heterocycles. The van der Waals surface area contributed by atoms with Crippen molar-refractivity contribution in [2.45, 2.75) is 38.7 Å². The maximum atomic E-state index is 14.1. The quantitative estimate of drug-likeness (QED) is 0.485. The van der Waals surface area contributed by atoms with Crippen LogP contribution in [0.15, 0.2) is 41.0 Å². The van der Waals surface area contributed by atoms with Crippen LogP contribution >= 0.6 is 0 Å². The molecule has 0 aliphatic heterocycles. The minimum atomic E-state index is -2.35. The molecular formula is C24H29FN4O3S. The highest BCUT2D eigenvalue weighted by Crippen LogP contribution is 2.38. The average Bonchev–Trinajstić information content (AvgIpc) is 2.75. The minimum Gasteiger partial charge on any atom is -0.496 e. The van der Waals surface area contributed by atoms with E-state index in [1.807, 2.05) is 0 Å². The fourth-order valence-corrected chi connectivity index (χ4v) is 4.67. The van der Waals surface area contributed by atoms with E-state index < -0.39 is 9.73 Å². The zero-order chi connectivity index (χ0) is 23.6. The Kier molecular flexibility index (Phi) is 6.69. The summed E-state index contributed by atoms with van der Waals surface area (Å²) in [4.78, 5) is 8.74. The number of hydrogen-bond acceptors (Lipinski definition) is 7. The molecule has 9 heteroatoms. The Bertz CT molecular complexity index is 1270. The van der Waals surface area contributed by atoms with Crippen LogP contribution in [0, 0.1) is 11.7 Å². The van der Waals surface area contributed by atoms with Gasteiger partial charge < -0.3 is 14.8 Å². The van der Waals surface area contributed by atoms with Crippen LogP contribution < -0.4 is 14.8 Å². The van der Waals surface area contributed by atoms with Crippen molar-refractivity contribution >= 4 is 37.8 Å². The lowest BCUT2D eigenvalue weighted by atomic mass is 9.89. The second-order valence-electron chi connectivity index (χ2n) is 8.80. The number of halogens is 1. The molecule has 0 spiro atoms. The monoisotopic (exact) mass is 472 g/mol. The average molecular weight is 473 g/mol. The zero-order valence-electron chi connectivity index (χ0n) is 19.3. The van der Waals surface area contributed by atoms with Gasteiger partial charge in [0.2, 0.25) is 0 Å². The number of methoxy groups -OCH3 is 1. The molecule has 0 amide bonds. The third kappa shape index (κ3) is 5.71. The number of anilines is 2. The molecule has 0 radical (unpaired) electrons. The van der Waals surface area contributed by atoms with Crippen molar-refractivity contribution in [3.63, 3.8) is 0 Å². The highest BCUT2D eigenvalue weighted by Gasteiger charge is 2.21. The Hall–Kier alpha value is -2.94. The van der Waals surface area contributed by atoms with E-state index in [0.717, 1.165) is 25.7 Å². The van der Waals surface area contributed by atoms with Gasteiger partial charge in [0, 0.05) is 34.4 Å². The Morgan fingerprint density at radius 1 is 1.09 bits per heavy atom. The lowest BCUT2D eigenvalue weighted by Crippen LogP contribution is -2.23. The van der Waals surface area contributed by atoms with Crippen molar-refractivity contribution in [3.05, 3.63) is 42.5 Å². The first kappa shape index (κ1) is 23.2. The van der Waals surface area contributed by atoms with Gasteiger partial charge in [-0.3, -0.25) is 0 Å². The second kappa shape index (κ2) is 9.51. The smallest absolute Gasteiger partial charge is 0.146 e.